The van der Waals surface area contributed by atoms with Gasteiger partial charge in [-0.05, 0) is 5.41 Å². The van der Waals surface area contributed by atoms with Crippen molar-refractivity contribution in [1.82, 2.24) is 0 Å². The van der Waals surface area contributed by atoms with E-state index in [9.17, 15) is 9.90 Å². The average Bonchev–Trinajstić information content (AvgIpc) is 1.62. The quantitative estimate of drug-likeness (QED) is 0.514. The zero-order valence-electron chi connectivity index (χ0n) is 6.39. The van der Waals surface area contributed by atoms with Crippen LogP contribution >= 0.6 is 0 Å². The maximum atomic E-state index is 10.2. The summed E-state index contributed by atoms with van der Waals surface area (Å²) in [6, 6.07) is 0. The van der Waals surface area contributed by atoms with Crippen molar-refractivity contribution in [2.75, 3.05) is 0 Å². The monoisotopic (exact) mass is 129 g/mol. The van der Waals surface area contributed by atoms with E-state index in [2.05, 4.69) is 0 Å². The van der Waals surface area contributed by atoms with Crippen LogP contribution in [0.2, 0.25) is 0 Å². The van der Waals surface area contributed by atoms with Crippen molar-refractivity contribution in [1.29, 1.82) is 0 Å². The van der Waals surface area contributed by atoms with Crippen LogP contribution in [0, 0.1) is 11.3 Å². The van der Waals surface area contributed by atoms with Crippen LogP contribution in [0.5, 0.6) is 0 Å². The molecule has 0 fully saturated rings. The van der Waals surface area contributed by atoms with Gasteiger partial charge >= 0.3 is 0 Å². The highest BCUT2D eigenvalue weighted by atomic mass is 16.4. The summed E-state index contributed by atoms with van der Waals surface area (Å²) >= 11 is 0. The summed E-state index contributed by atoms with van der Waals surface area (Å²) < 4.78 is 0. The van der Waals surface area contributed by atoms with Gasteiger partial charge in [-0.2, -0.15) is 0 Å². The van der Waals surface area contributed by atoms with E-state index in [0.29, 0.717) is 0 Å². The molecule has 1 atom stereocenters. The van der Waals surface area contributed by atoms with Gasteiger partial charge in [-0.3, -0.25) is 0 Å². The van der Waals surface area contributed by atoms with Gasteiger partial charge in [-0.1, -0.05) is 27.7 Å². The lowest BCUT2D eigenvalue weighted by Gasteiger charge is -2.27. The Balaban J connectivity index is 4.04. The van der Waals surface area contributed by atoms with Crippen molar-refractivity contribution in [3.05, 3.63) is 0 Å². The van der Waals surface area contributed by atoms with Crippen molar-refractivity contribution < 1.29 is 9.90 Å². The van der Waals surface area contributed by atoms with Crippen LogP contribution in [0.1, 0.15) is 27.7 Å². The first-order chi connectivity index (χ1) is 3.85. The Kier molecular flexibility index (Phi) is 2.24. The molecule has 0 aliphatic heterocycles. The van der Waals surface area contributed by atoms with E-state index in [1.807, 2.05) is 20.8 Å². The van der Waals surface area contributed by atoms with Gasteiger partial charge in [0.15, 0.2) is 0 Å². The molecule has 0 saturated carbocycles. The van der Waals surface area contributed by atoms with E-state index in [1.165, 1.54) is 0 Å². The highest BCUT2D eigenvalue weighted by Gasteiger charge is 2.20. The van der Waals surface area contributed by atoms with Crippen molar-refractivity contribution in [2.24, 2.45) is 11.3 Å². The van der Waals surface area contributed by atoms with Crippen molar-refractivity contribution in [2.45, 2.75) is 27.7 Å². The Morgan fingerprint density at radius 3 is 1.78 bits per heavy atom. The number of aliphatic carboxylic acids is 1. The van der Waals surface area contributed by atoms with Crippen LogP contribution in [0.3, 0.4) is 0 Å². The Morgan fingerprint density at radius 1 is 1.44 bits per heavy atom. The summed E-state index contributed by atoms with van der Waals surface area (Å²) in [5.41, 5.74) is -0.182. The van der Waals surface area contributed by atoms with Crippen LogP contribution in [0.25, 0.3) is 0 Å². The first-order valence-corrected chi connectivity index (χ1v) is 3.06. The SMILES string of the molecule is C[C@@H](C(=O)[O-])C(C)(C)C. The van der Waals surface area contributed by atoms with Gasteiger partial charge in [-0.15, -0.1) is 0 Å². The van der Waals surface area contributed by atoms with E-state index >= 15 is 0 Å². The van der Waals surface area contributed by atoms with Crippen LogP contribution in [-0.4, -0.2) is 5.97 Å². The molecule has 0 radical (unpaired) electrons. The van der Waals surface area contributed by atoms with E-state index in [4.69, 9.17) is 0 Å². The van der Waals surface area contributed by atoms with Gasteiger partial charge < -0.3 is 9.90 Å². The predicted molar refractivity (Wildman–Crippen MR) is 33.6 cm³/mol. The van der Waals surface area contributed by atoms with E-state index in [0.717, 1.165) is 0 Å². The Bertz CT molecular complexity index is 111. The molecule has 0 heterocycles. The molecule has 0 aliphatic carbocycles. The van der Waals surface area contributed by atoms with Gasteiger partial charge in [-0.25, -0.2) is 0 Å². The molecular formula is C7H13O2-. The normalized spacial score (nSPS) is 15.1. The molecule has 0 rings (SSSR count). The number of carboxylic acids is 1. The van der Waals surface area contributed by atoms with E-state index in [1.54, 1.807) is 6.92 Å². The fourth-order valence-electron chi connectivity index (χ4n) is 0.354. The number of carboxylic acid groups (broad SMARTS) is 1. The lowest BCUT2D eigenvalue weighted by molar-refractivity contribution is -0.314. The Morgan fingerprint density at radius 2 is 1.78 bits per heavy atom. The number of rotatable bonds is 1. The minimum atomic E-state index is -0.970. The molecule has 0 aromatic carbocycles. The summed E-state index contributed by atoms with van der Waals surface area (Å²) in [5, 5.41) is 10.2. The molecule has 0 spiro atoms. The van der Waals surface area contributed by atoms with Gasteiger partial charge in [0, 0.05) is 11.9 Å². The molecule has 0 aliphatic rings. The first-order valence-electron chi connectivity index (χ1n) is 3.06. The largest absolute Gasteiger partial charge is 0.550 e. The molecule has 2 heteroatoms. The highest BCUT2D eigenvalue weighted by molar-refractivity contribution is 5.67. The lowest BCUT2D eigenvalue weighted by atomic mass is 9.82. The highest BCUT2D eigenvalue weighted by Crippen LogP contribution is 2.24. The molecule has 0 bridgehead atoms. The number of carbonyl (C=O) groups is 1. The van der Waals surface area contributed by atoms with Crippen molar-refractivity contribution in [3.63, 3.8) is 0 Å². The van der Waals surface area contributed by atoms with E-state index < -0.39 is 5.97 Å². The molecule has 0 N–H and O–H groups in total. The molecule has 0 saturated heterocycles. The van der Waals surface area contributed by atoms with Gasteiger partial charge in [0.1, 0.15) is 0 Å². The van der Waals surface area contributed by atoms with Gasteiger partial charge in [0.25, 0.3) is 0 Å². The number of carbonyl (C=O) groups excluding carboxylic acids is 1. The van der Waals surface area contributed by atoms with Crippen molar-refractivity contribution >= 4 is 5.97 Å². The first kappa shape index (κ1) is 8.47. The zero-order valence-corrected chi connectivity index (χ0v) is 6.39. The smallest absolute Gasteiger partial charge is 0.0447 e. The third-order valence-electron chi connectivity index (χ3n) is 1.65. The van der Waals surface area contributed by atoms with Gasteiger partial charge in [0.05, 0.1) is 0 Å². The molecule has 9 heavy (non-hydrogen) atoms. The van der Waals surface area contributed by atoms with Crippen LogP contribution < -0.4 is 5.11 Å². The topological polar surface area (TPSA) is 40.1 Å². The van der Waals surface area contributed by atoms with Crippen LogP contribution in [0.4, 0.5) is 0 Å². The second-order valence-electron chi connectivity index (χ2n) is 3.41. The minimum absolute atomic E-state index is 0.182. The molecule has 0 amide bonds. The average molecular weight is 129 g/mol. The third kappa shape index (κ3) is 2.49. The molecule has 0 aromatic rings. The standard InChI is InChI=1S/C7H14O2/c1-5(6(8)9)7(2,3)4/h5H,1-4H3,(H,8,9)/p-1/t5-/m0/s1. The molecule has 54 valence electrons. The maximum absolute atomic E-state index is 10.2. The van der Waals surface area contributed by atoms with Crippen LogP contribution in [-0.2, 0) is 4.79 Å². The maximum Gasteiger partial charge on any atom is 0.0447 e. The van der Waals surface area contributed by atoms with E-state index in [-0.39, 0.29) is 11.3 Å². The lowest BCUT2D eigenvalue weighted by Crippen LogP contribution is -2.36. The second-order valence-corrected chi connectivity index (χ2v) is 3.41. The third-order valence-corrected chi connectivity index (χ3v) is 1.65. The van der Waals surface area contributed by atoms with Gasteiger partial charge in [0.2, 0.25) is 0 Å². The summed E-state index contributed by atoms with van der Waals surface area (Å²) in [7, 11) is 0. The second kappa shape index (κ2) is 2.38. The number of hydrogen-bond acceptors (Lipinski definition) is 2. The summed E-state index contributed by atoms with van der Waals surface area (Å²) in [5.74, 6) is -1.35. The number of hydrogen-bond donors (Lipinski definition) is 0. The molecule has 0 aromatic heterocycles. The Labute approximate surface area is 55.9 Å². The Hall–Kier alpha value is -0.530. The molecule has 2 nitrogen and oxygen atoms in total. The summed E-state index contributed by atoms with van der Waals surface area (Å²) in [6.45, 7) is 7.31. The minimum Gasteiger partial charge on any atom is -0.550 e. The van der Waals surface area contributed by atoms with Crippen LogP contribution in [0.15, 0.2) is 0 Å². The zero-order chi connectivity index (χ0) is 7.65. The molecular weight excluding hydrogens is 116 g/mol. The molecule has 0 unspecified atom stereocenters. The van der Waals surface area contributed by atoms with Crippen molar-refractivity contribution in [3.8, 4) is 0 Å². The fraction of sp³-hybridized carbons (Fsp3) is 0.857. The predicted octanol–water partition coefficient (Wildman–Crippen LogP) is 0.418. The fourth-order valence-corrected chi connectivity index (χ4v) is 0.354. The summed E-state index contributed by atoms with van der Waals surface area (Å²) in [4.78, 5) is 10.2. The summed E-state index contributed by atoms with van der Waals surface area (Å²) in [6.07, 6.45) is 0.